The number of H-pyrrole nitrogens is 1. The second-order valence-electron chi connectivity index (χ2n) is 6.77. The SMILES string of the molecule is COC(=O)c1cccc(NC(=O)C(C)(C)c2c[nH]c3ccc(OC)cc23)c1. The first-order valence-corrected chi connectivity index (χ1v) is 8.52. The van der Waals surface area contributed by atoms with Gasteiger partial charge in [-0.1, -0.05) is 6.07 Å². The van der Waals surface area contributed by atoms with Crippen LogP contribution >= 0.6 is 0 Å². The van der Waals surface area contributed by atoms with Gasteiger partial charge in [0, 0.05) is 22.8 Å². The number of aromatic nitrogens is 1. The van der Waals surface area contributed by atoms with E-state index in [0.29, 0.717) is 11.3 Å². The van der Waals surface area contributed by atoms with Gasteiger partial charge in [0.25, 0.3) is 0 Å². The zero-order valence-electron chi connectivity index (χ0n) is 15.8. The summed E-state index contributed by atoms with van der Waals surface area (Å²) in [5.74, 6) is 0.0904. The number of rotatable bonds is 5. The highest BCUT2D eigenvalue weighted by molar-refractivity contribution is 6.02. The van der Waals surface area contributed by atoms with Crippen LogP contribution < -0.4 is 10.1 Å². The second kappa shape index (κ2) is 7.15. The van der Waals surface area contributed by atoms with Crippen LogP contribution in [0.4, 0.5) is 5.69 Å². The van der Waals surface area contributed by atoms with Gasteiger partial charge in [-0.25, -0.2) is 4.79 Å². The lowest BCUT2D eigenvalue weighted by molar-refractivity contribution is -0.120. The number of carbonyl (C=O) groups is 2. The van der Waals surface area contributed by atoms with Gasteiger partial charge in [-0.15, -0.1) is 0 Å². The van der Waals surface area contributed by atoms with Crippen molar-refractivity contribution < 1.29 is 19.1 Å². The smallest absolute Gasteiger partial charge is 0.337 e. The van der Waals surface area contributed by atoms with Gasteiger partial charge in [0.2, 0.25) is 5.91 Å². The van der Waals surface area contributed by atoms with E-state index in [0.717, 1.165) is 22.2 Å². The summed E-state index contributed by atoms with van der Waals surface area (Å²) < 4.78 is 10.0. The van der Waals surface area contributed by atoms with Crippen molar-refractivity contribution in [3.63, 3.8) is 0 Å². The van der Waals surface area contributed by atoms with Gasteiger partial charge in [0.05, 0.1) is 25.2 Å². The summed E-state index contributed by atoms with van der Waals surface area (Å²) >= 11 is 0. The number of hydrogen-bond donors (Lipinski definition) is 2. The first-order chi connectivity index (χ1) is 12.9. The fourth-order valence-electron chi connectivity index (χ4n) is 3.00. The fourth-order valence-corrected chi connectivity index (χ4v) is 3.00. The number of ether oxygens (including phenoxy) is 2. The number of aromatic amines is 1. The Morgan fingerprint density at radius 1 is 1.07 bits per heavy atom. The molecule has 2 N–H and O–H groups in total. The van der Waals surface area contributed by atoms with Crippen molar-refractivity contribution in [1.82, 2.24) is 4.98 Å². The molecular formula is C21H22N2O4. The third kappa shape index (κ3) is 3.51. The van der Waals surface area contributed by atoms with Gasteiger partial charge < -0.3 is 19.8 Å². The molecule has 6 heteroatoms. The summed E-state index contributed by atoms with van der Waals surface area (Å²) in [5, 5.41) is 3.82. The molecule has 1 amide bonds. The minimum Gasteiger partial charge on any atom is -0.497 e. The average Bonchev–Trinajstić information content (AvgIpc) is 3.11. The molecule has 0 unspecified atom stereocenters. The molecule has 3 aromatic rings. The largest absolute Gasteiger partial charge is 0.497 e. The Morgan fingerprint density at radius 2 is 1.85 bits per heavy atom. The molecule has 27 heavy (non-hydrogen) atoms. The lowest BCUT2D eigenvalue weighted by Gasteiger charge is -2.23. The van der Waals surface area contributed by atoms with E-state index in [2.05, 4.69) is 10.3 Å². The standard InChI is InChI=1S/C21H22N2O4/c1-21(2,17-12-22-18-9-8-15(26-3)11-16(17)18)20(25)23-14-7-5-6-13(10-14)19(24)27-4/h5-12,22H,1-4H3,(H,23,25). The molecule has 1 heterocycles. The van der Waals surface area contributed by atoms with E-state index in [1.54, 1.807) is 31.4 Å². The predicted octanol–water partition coefficient (Wildman–Crippen LogP) is 3.88. The van der Waals surface area contributed by atoms with E-state index in [1.807, 2.05) is 38.2 Å². The van der Waals surface area contributed by atoms with Crippen LogP contribution in [0.25, 0.3) is 10.9 Å². The molecule has 0 saturated heterocycles. The molecule has 2 aromatic carbocycles. The number of amides is 1. The molecule has 0 atom stereocenters. The summed E-state index contributed by atoms with van der Waals surface area (Å²) in [7, 11) is 2.93. The number of hydrogen-bond acceptors (Lipinski definition) is 4. The molecule has 0 saturated carbocycles. The van der Waals surface area contributed by atoms with Crippen molar-refractivity contribution in [1.29, 1.82) is 0 Å². The summed E-state index contributed by atoms with van der Waals surface area (Å²) in [5.41, 5.74) is 1.89. The number of anilines is 1. The lowest BCUT2D eigenvalue weighted by atomic mass is 9.83. The highest BCUT2D eigenvalue weighted by atomic mass is 16.5. The Labute approximate surface area is 157 Å². The van der Waals surface area contributed by atoms with Crippen LogP contribution in [0.2, 0.25) is 0 Å². The maximum Gasteiger partial charge on any atom is 0.337 e. The maximum atomic E-state index is 13.0. The summed E-state index contributed by atoms with van der Waals surface area (Å²) in [6.07, 6.45) is 1.84. The number of carbonyl (C=O) groups excluding carboxylic acids is 2. The second-order valence-corrected chi connectivity index (χ2v) is 6.77. The zero-order valence-corrected chi connectivity index (χ0v) is 15.8. The number of esters is 1. The summed E-state index contributed by atoms with van der Waals surface area (Å²) in [6, 6.07) is 12.4. The van der Waals surface area contributed by atoms with Crippen molar-refractivity contribution in [3.8, 4) is 5.75 Å². The molecule has 0 bridgehead atoms. The van der Waals surface area contributed by atoms with Crippen molar-refractivity contribution in [2.45, 2.75) is 19.3 Å². The number of methoxy groups -OCH3 is 2. The molecule has 140 valence electrons. The van der Waals surface area contributed by atoms with Crippen LogP contribution in [0.3, 0.4) is 0 Å². The van der Waals surface area contributed by atoms with E-state index in [9.17, 15) is 9.59 Å². The highest BCUT2D eigenvalue weighted by Gasteiger charge is 2.32. The van der Waals surface area contributed by atoms with Crippen molar-refractivity contribution in [2.75, 3.05) is 19.5 Å². The fraction of sp³-hybridized carbons (Fsp3) is 0.238. The third-order valence-corrected chi connectivity index (χ3v) is 4.67. The van der Waals surface area contributed by atoms with Crippen molar-refractivity contribution in [3.05, 3.63) is 59.8 Å². The molecule has 0 radical (unpaired) electrons. The van der Waals surface area contributed by atoms with Crippen LogP contribution in [0.15, 0.2) is 48.7 Å². The monoisotopic (exact) mass is 366 g/mol. The molecule has 0 fully saturated rings. The molecule has 1 aromatic heterocycles. The molecular weight excluding hydrogens is 344 g/mol. The first kappa shape index (κ1) is 18.5. The molecule has 6 nitrogen and oxygen atoms in total. The van der Waals surface area contributed by atoms with Crippen LogP contribution in [-0.4, -0.2) is 31.1 Å². The van der Waals surface area contributed by atoms with Crippen LogP contribution in [-0.2, 0) is 14.9 Å². The summed E-state index contributed by atoms with van der Waals surface area (Å²) in [4.78, 5) is 27.9. The normalized spacial score (nSPS) is 11.3. The van der Waals surface area contributed by atoms with E-state index in [-0.39, 0.29) is 5.91 Å². The molecule has 0 spiro atoms. The minimum absolute atomic E-state index is 0.187. The minimum atomic E-state index is -0.814. The van der Waals surface area contributed by atoms with E-state index < -0.39 is 11.4 Å². The summed E-state index contributed by atoms with van der Waals surface area (Å²) in [6.45, 7) is 3.71. The van der Waals surface area contributed by atoms with Crippen LogP contribution in [0.5, 0.6) is 5.75 Å². The molecule has 3 rings (SSSR count). The first-order valence-electron chi connectivity index (χ1n) is 8.52. The van der Waals surface area contributed by atoms with Gasteiger partial charge in [0.15, 0.2) is 0 Å². The van der Waals surface area contributed by atoms with E-state index in [1.165, 1.54) is 7.11 Å². The molecule has 0 aliphatic rings. The quantitative estimate of drug-likeness (QED) is 0.672. The van der Waals surface area contributed by atoms with Crippen LogP contribution in [0.1, 0.15) is 29.8 Å². The molecule has 0 aliphatic heterocycles. The highest BCUT2D eigenvalue weighted by Crippen LogP contribution is 2.33. The maximum absolute atomic E-state index is 13.0. The number of nitrogens with one attached hydrogen (secondary N) is 2. The predicted molar refractivity (Wildman–Crippen MR) is 104 cm³/mol. The van der Waals surface area contributed by atoms with Gasteiger partial charge >= 0.3 is 5.97 Å². The topological polar surface area (TPSA) is 80.4 Å². The average molecular weight is 366 g/mol. The Balaban J connectivity index is 1.91. The molecule has 0 aliphatic carbocycles. The number of benzene rings is 2. The van der Waals surface area contributed by atoms with Gasteiger partial charge in [0.1, 0.15) is 5.75 Å². The van der Waals surface area contributed by atoms with Crippen molar-refractivity contribution >= 4 is 28.5 Å². The van der Waals surface area contributed by atoms with Gasteiger partial charge in [-0.3, -0.25) is 4.79 Å². The zero-order chi connectivity index (χ0) is 19.6. The number of fused-ring (bicyclic) bond motifs is 1. The Kier molecular flexibility index (Phi) is 4.90. The van der Waals surface area contributed by atoms with Crippen molar-refractivity contribution in [2.24, 2.45) is 0 Å². The Bertz CT molecular complexity index is 1000. The third-order valence-electron chi connectivity index (χ3n) is 4.67. The van der Waals surface area contributed by atoms with Crippen LogP contribution in [0, 0.1) is 0 Å². The Morgan fingerprint density at radius 3 is 2.56 bits per heavy atom. The van der Waals surface area contributed by atoms with Gasteiger partial charge in [-0.05, 0) is 55.8 Å². The van der Waals surface area contributed by atoms with Gasteiger partial charge in [-0.2, -0.15) is 0 Å². The Hall–Kier alpha value is -3.28. The van der Waals surface area contributed by atoms with E-state index in [4.69, 9.17) is 9.47 Å². The lowest BCUT2D eigenvalue weighted by Crippen LogP contribution is -2.34. The van der Waals surface area contributed by atoms with E-state index >= 15 is 0 Å².